The van der Waals surface area contributed by atoms with E-state index in [1.165, 1.54) is 0 Å². The summed E-state index contributed by atoms with van der Waals surface area (Å²) in [6.07, 6.45) is 3.38. The molecule has 3 aromatic carbocycles. The summed E-state index contributed by atoms with van der Waals surface area (Å²) >= 11 is 0. The van der Waals surface area contributed by atoms with Crippen molar-refractivity contribution in [1.29, 1.82) is 0 Å². The van der Waals surface area contributed by atoms with Crippen molar-refractivity contribution < 1.29 is 9.59 Å². The van der Waals surface area contributed by atoms with Crippen molar-refractivity contribution in [3.05, 3.63) is 114 Å². The lowest BCUT2D eigenvalue weighted by molar-refractivity contribution is 0.0951. The van der Waals surface area contributed by atoms with Gasteiger partial charge in [-0.3, -0.25) is 15.1 Å². The molecule has 0 saturated heterocycles. The lowest BCUT2D eigenvalue weighted by atomic mass is 9.92. The van der Waals surface area contributed by atoms with Crippen molar-refractivity contribution >= 4 is 34.2 Å². The molecule has 3 N–H and O–H groups in total. The average Bonchev–Trinajstić information content (AvgIpc) is 3.37. The number of nitrogens with one attached hydrogen (secondary N) is 3. The third kappa shape index (κ3) is 5.96. The highest BCUT2D eigenvalue weighted by Crippen LogP contribution is 2.28. The summed E-state index contributed by atoms with van der Waals surface area (Å²) in [7, 11) is 0. The normalized spacial score (nSPS) is 11.3. The highest BCUT2D eigenvalue weighted by atomic mass is 16.2. The van der Waals surface area contributed by atoms with Crippen LogP contribution < -0.4 is 16.0 Å². The SMILES string of the molecule is CC(C)(C)c1cc(NC(=O)Nc2cccc3ccccc23)n(-c2cccc(C(=O)NCc3ccncc3)c2)n1. The van der Waals surface area contributed by atoms with Crippen molar-refractivity contribution in [1.82, 2.24) is 20.1 Å². The van der Waals surface area contributed by atoms with Crippen molar-refractivity contribution in [2.24, 2.45) is 0 Å². The van der Waals surface area contributed by atoms with E-state index in [0.717, 1.165) is 22.0 Å². The molecule has 0 radical (unpaired) electrons. The number of nitrogens with zero attached hydrogens (tertiary/aromatic N) is 3. The standard InChI is InChI=1S/C31H30N6O2/c1-31(2,3)27-19-28(35-30(39)34-26-13-7-9-22-8-4-5-12-25(22)26)37(36-27)24-11-6-10-23(18-24)29(38)33-20-21-14-16-32-17-15-21/h4-19H,20H2,1-3H3,(H,33,38)(H2,34,35,39). The van der Waals surface area contributed by atoms with Gasteiger partial charge in [0, 0.05) is 41.4 Å². The maximum Gasteiger partial charge on any atom is 0.324 e. The maximum absolute atomic E-state index is 13.1. The van der Waals surface area contributed by atoms with Crippen LogP contribution in [0.25, 0.3) is 16.5 Å². The van der Waals surface area contributed by atoms with Crippen molar-refractivity contribution in [3.63, 3.8) is 0 Å². The van der Waals surface area contributed by atoms with E-state index in [1.807, 2.05) is 66.7 Å². The number of fused-ring (bicyclic) bond motifs is 1. The van der Waals surface area contributed by atoms with Crippen LogP contribution in [0.2, 0.25) is 0 Å². The minimum absolute atomic E-state index is 0.208. The molecule has 0 aliphatic carbocycles. The summed E-state index contributed by atoms with van der Waals surface area (Å²) < 4.78 is 1.66. The molecule has 0 unspecified atom stereocenters. The number of amides is 3. The van der Waals surface area contributed by atoms with Crippen LogP contribution in [0.1, 0.15) is 42.4 Å². The Balaban J connectivity index is 1.40. The van der Waals surface area contributed by atoms with Crippen LogP contribution in [-0.2, 0) is 12.0 Å². The zero-order valence-electron chi connectivity index (χ0n) is 22.1. The van der Waals surface area contributed by atoms with Gasteiger partial charge in [-0.25, -0.2) is 9.48 Å². The molecule has 8 heteroatoms. The fraction of sp³-hybridized carbons (Fsp3) is 0.161. The number of anilines is 2. The number of hydrogen-bond donors (Lipinski definition) is 3. The Labute approximate surface area is 227 Å². The summed E-state index contributed by atoms with van der Waals surface area (Å²) in [6, 6.07) is 26.0. The molecule has 196 valence electrons. The van der Waals surface area contributed by atoms with E-state index in [-0.39, 0.29) is 17.4 Å². The Bertz CT molecular complexity index is 1630. The quantitative estimate of drug-likeness (QED) is 0.246. The summed E-state index contributed by atoms with van der Waals surface area (Å²) in [5, 5.41) is 15.6. The van der Waals surface area contributed by atoms with Gasteiger partial charge in [0.15, 0.2) is 0 Å². The molecule has 0 atom stereocenters. The molecule has 2 aromatic heterocycles. The zero-order valence-corrected chi connectivity index (χ0v) is 22.1. The smallest absolute Gasteiger partial charge is 0.324 e. The Morgan fingerprint density at radius 3 is 2.38 bits per heavy atom. The van der Waals surface area contributed by atoms with E-state index < -0.39 is 0 Å². The Morgan fingerprint density at radius 1 is 0.846 bits per heavy atom. The summed E-state index contributed by atoms with van der Waals surface area (Å²) in [6.45, 7) is 6.57. The largest absolute Gasteiger partial charge is 0.348 e. The molecule has 2 heterocycles. The number of urea groups is 1. The van der Waals surface area contributed by atoms with Gasteiger partial charge in [0.1, 0.15) is 5.82 Å². The van der Waals surface area contributed by atoms with Gasteiger partial charge >= 0.3 is 6.03 Å². The first-order valence-electron chi connectivity index (χ1n) is 12.7. The number of rotatable bonds is 6. The molecule has 0 spiro atoms. The van der Waals surface area contributed by atoms with E-state index in [4.69, 9.17) is 5.10 Å². The number of aromatic nitrogens is 3. The Morgan fingerprint density at radius 2 is 1.59 bits per heavy atom. The monoisotopic (exact) mass is 518 g/mol. The lowest BCUT2D eigenvalue weighted by Gasteiger charge is -2.14. The van der Waals surface area contributed by atoms with Gasteiger partial charge in [0.2, 0.25) is 0 Å². The number of pyridine rings is 1. The summed E-state index contributed by atoms with van der Waals surface area (Å²) in [5.74, 6) is 0.284. The van der Waals surface area contributed by atoms with Crippen LogP contribution in [0.5, 0.6) is 0 Å². The van der Waals surface area contributed by atoms with Gasteiger partial charge in [-0.15, -0.1) is 0 Å². The Hall–Kier alpha value is -4.98. The summed E-state index contributed by atoms with van der Waals surface area (Å²) in [5.41, 5.74) is 3.35. The van der Waals surface area contributed by atoms with Gasteiger partial charge in [-0.05, 0) is 47.3 Å². The van der Waals surface area contributed by atoms with Crippen molar-refractivity contribution in [3.8, 4) is 5.69 Å². The van der Waals surface area contributed by atoms with Gasteiger partial charge < -0.3 is 10.6 Å². The molecule has 0 saturated carbocycles. The van der Waals surface area contributed by atoms with Crippen LogP contribution in [0.4, 0.5) is 16.3 Å². The van der Waals surface area contributed by atoms with E-state index >= 15 is 0 Å². The topological polar surface area (TPSA) is 101 Å². The third-order valence-corrected chi connectivity index (χ3v) is 6.31. The molecule has 5 aromatic rings. The fourth-order valence-corrected chi connectivity index (χ4v) is 4.20. The molecule has 3 amide bonds. The number of carbonyl (C=O) groups excluding carboxylic acids is 2. The molecule has 39 heavy (non-hydrogen) atoms. The predicted molar refractivity (Wildman–Crippen MR) is 154 cm³/mol. The highest BCUT2D eigenvalue weighted by molar-refractivity contribution is 6.06. The molecule has 0 bridgehead atoms. The average molecular weight is 519 g/mol. The molecule has 8 nitrogen and oxygen atoms in total. The molecule has 0 fully saturated rings. The van der Waals surface area contributed by atoms with Gasteiger partial charge in [-0.1, -0.05) is 63.2 Å². The number of hydrogen-bond acceptors (Lipinski definition) is 4. The zero-order chi connectivity index (χ0) is 27.4. The third-order valence-electron chi connectivity index (χ3n) is 6.31. The molecule has 0 aliphatic rings. The van der Waals surface area contributed by atoms with Crippen LogP contribution in [-0.4, -0.2) is 26.7 Å². The second-order valence-electron chi connectivity index (χ2n) is 10.3. The van der Waals surface area contributed by atoms with Crippen LogP contribution in [0, 0.1) is 0 Å². The first kappa shape index (κ1) is 25.7. The molecular formula is C31H30N6O2. The van der Waals surface area contributed by atoms with Gasteiger partial charge in [0.25, 0.3) is 5.91 Å². The van der Waals surface area contributed by atoms with Crippen LogP contribution in [0.15, 0.2) is 97.3 Å². The fourth-order valence-electron chi connectivity index (χ4n) is 4.20. The van der Waals surface area contributed by atoms with Crippen LogP contribution >= 0.6 is 0 Å². The highest BCUT2D eigenvalue weighted by Gasteiger charge is 2.22. The second-order valence-corrected chi connectivity index (χ2v) is 10.3. The molecule has 0 aliphatic heterocycles. The van der Waals surface area contributed by atoms with Crippen molar-refractivity contribution in [2.45, 2.75) is 32.7 Å². The van der Waals surface area contributed by atoms with E-state index in [0.29, 0.717) is 29.3 Å². The van der Waals surface area contributed by atoms with E-state index in [2.05, 4.69) is 41.7 Å². The van der Waals surface area contributed by atoms with Crippen LogP contribution in [0.3, 0.4) is 0 Å². The number of carbonyl (C=O) groups is 2. The first-order valence-corrected chi connectivity index (χ1v) is 12.7. The van der Waals surface area contributed by atoms with E-state index in [1.54, 1.807) is 35.3 Å². The predicted octanol–water partition coefficient (Wildman–Crippen LogP) is 6.29. The van der Waals surface area contributed by atoms with Gasteiger partial charge in [0.05, 0.1) is 17.1 Å². The summed E-state index contributed by atoms with van der Waals surface area (Å²) in [4.78, 5) is 30.0. The van der Waals surface area contributed by atoms with Crippen molar-refractivity contribution in [2.75, 3.05) is 10.6 Å². The van der Waals surface area contributed by atoms with Gasteiger partial charge in [-0.2, -0.15) is 5.10 Å². The minimum Gasteiger partial charge on any atom is -0.348 e. The maximum atomic E-state index is 13.1. The molecular weight excluding hydrogens is 488 g/mol. The first-order chi connectivity index (χ1) is 18.8. The lowest BCUT2D eigenvalue weighted by Crippen LogP contribution is -2.23. The Kier molecular flexibility index (Phi) is 7.10. The number of benzene rings is 3. The minimum atomic E-state index is -0.390. The molecule has 5 rings (SSSR count). The van der Waals surface area contributed by atoms with E-state index in [9.17, 15) is 9.59 Å². The second kappa shape index (κ2) is 10.8.